The molecule has 3 heterocycles. The highest BCUT2D eigenvalue weighted by Crippen LogP contribution is 2.22. The predicted molar refractivity (Wildman–Crippen MR) is 111 cm³/mol. The van der Waals surface area contributed by atoms with Crippen LogP contribution in [0.3, 0.4) is 0 Å². The van der Waals surface area contributed by atoms with Crippen LogP contribution in [-0.4, -0.2) is 64.7 Å². The van der Waals surface area contributed by atoms with Crippen molar-refractivity contribution in [1.82, 2.24) is 25.2 Å². The Labute approximate surface area is 172 Å². The van der Waals surface area contributed by atoms with Gasteiger partial charge in [0, 0.05) is 19.7 Å². The third-order valence-electron chi connectivity index (χ3n) is 6.02. The van der Waals surface area contributed by atoms with Gasteiger partial charge < -0.3 is 15.0 Å². The molecule has 7 heteroatoms. The average molecular weight is 398 g/mol. The van der Waals surface area contributed by atoms with E-state index >= 15 is 0 Å². The van der Waals surface area contributed by atoms with Gasteiger partial charge in [-0.3, -0.25) is 4.79 Å². The van der Waals surface area contributed by atoms with Crippen molar-refractivity contribution in [3.05, 3.63) is 47.3 Å². The van der Waals surface area contributed by atoms with Crippen molar-refractivity contribution < 1.29 is 9.53 Å². The van der Waals surface area contributed by atoms with E-state index in [-0.39, 0.29) is 12.0 Å². The Hall–Kier alpha value is -2.25. The number of hydrogen-bond acceptors (Lipinski definition) is 5. The van der Waals surface area contributed by atoms with Gasteiger partial charge in [-0.2, -0.15) is 0 Å². The van der Waals surface area contributed by atoms with Gasteiger partial charge in [0.15, 0.2) is 5.69 Å². The van der Waals surface area contributed by atoms with E-state index in [0.717, 1.165) is 64.0 Å². The lowest BCUT2D eigenvalue weighted by Gasteiger charge is -2.23. The summed E-state index contributed by atoms with van der Waals surface area (Å²) in [6.45, 7) is 6.03. The summed E-state index contributed by atoms with van der Waals surface area (Å²) in [7, 11) is 0. The van der Waals surface area contributed by atoms with Crippen LogP contribution in [0, 0.1) is 6.92 Å². The maximum Gasteiger partial charge on any atom is 0.276 e. The molecule has 29 heavy (non-hydrogen) atoms. The summed E-state index contributed by atoms with van der Waals surface area (Å²) in [5.41, 5.74) is 2.72. The lowest BCUT2D eigenvalue weighted by molar-refractivity contribution is 0.0522. The number of amides is 1. The molecule has 0 saturated carbocycles. The predicted octanol–water partition coefficient (Wildman–Crippen LogP) is 2.37. The molecule has 1 aromatic heterocycles. The van der Waals surface area contributed by atoms with Gasteiger partial charge in [0.05, 0.1) is 17.8 Å². The molecule has 1 atom stereocenters. The monoisotopic (exact) mass is 397 g/mol. The Morgan fingerprint density at radius 2 is 2.00 bits per heavy atom. The standard InChI is InChI=1S/C22H31N5O2/c1-17-21(24-25-27(17)19-9-12-23-13-10-19)22(28)26-14-11-20(16-26)29-15-5-8-18-6-3-2-4-7-18/h2-4,6-7,19-20,23H,5,8-16H2,1H3. The molecule has 0 radical (unpaired) electrons. The van der Waals surface area contributed by atoms with Crippen LogP contribution in [-0.2, 0) is 11.2 Å². The van der Waals surface area contributed by atoms with Crippen molar-refractivity contribution in [3.63, 3.8) is 0 Å². The van der Waals surface area contributed by atoms with Crippen LogP contribution >= 0.6 is 0 Å². The fraction of sp³-hybridized carbons (Fsp3) is 0.591. The second-order valence-corrected chi connectivity index (χ2v) is 8.07. The number of nitrogens with zero attached hydrogens (tertiary/aromatic N) is 4. The van der Waals surface area contributed by atoms with Crippen molar-refractivity contribution in [3.8, 4) is 0 Å². The molecule has 1 aromatic carbocycles. The molecule has 2 fully saturated rings. The Kier molecular flexibility index (Phi) is 6.56. The van der Waals surface area contributed by atoms with E-state index in [2.05, 4.69) is 39.9 Å². The van der Waals surface area contributed by atoms with Crippen molar-refractivity contribution in [1.29, 1.82) is 0 Å². The van der Waals surface area contributed by atoms with Crippen LogP contribution in [0.5, 0.6) is 0 Å². The molecular formula is C22H31N5O2. The zero-order valence-corrected chi connectivity index (χ0v) is 17.2. The zero-order chi connectivity index (χ0) is 20.1. The van der Waals surface area contributed by atoms with E-state index in [9.17, 15) is 4.79 Å². The van der Waals surface area contributed by atoms with Gasteiger partial charge in [-0.05, 0) is 57.7 Å². The van der Waals surface area contributed by atoms with Crippen LogP contribution in [0.15, 0.2) is 30.3 Å². The molecular weight excluding hydrogens is 366 g/mol. The highest BCUT2D eigenvalue weighted by Gasteiger charge is 2.31. The van der Waals surface area contributed by atoms with Crippen molar-refractivity contribution >= 4 is 5.91 Å². The van der Waals surface area contributed by atoms with Gasteiger partial charge in [-0.1, -0.05) is 35.5 Å². The number of likely N-dealkylation sites (tertiary alicyclic amines) is 1. The van der Waals surface area contributed by atoms with Crippen LogP contribution in [0.4, 0.5) is 0 Å². The minimum Gasteiger partial charge on any atom is -0.376 e. The molecule has 2 aliphatic heterocycles. The minimum atomic E-state index is -0.0157. The van der Waals surface area contributed by atoms with E-state index in [1.807, 2.05) is 22.6 Å². The SMILES string of the molecule is Cc1c(C(=O)N2CCC(OCCCc3ccccc3)C2)nnn1C1CCNCC1. The topological polar surface area (TPSA) is 72.3 Å². The lowest BCUT2D eigenvalue weighted by atomic mass is 10.1. The zero-order valence-electron chi connectivity index (χ0n) is 17.2. The number of ether oxygens (including phenoxy) is 1. The fourth-order valence-corrected chi connectivity index (χ4v) is 4.31. The van der Waals surface area contributed by atoms with E-state index in [4.69, 9.17) is 4.74 Å². The van der Waals surface area contributed by atoms with Gasteiger partial charge in [0.2, 0.25) is 0 Å². The second kappa shape index (κ2) is 9.50. The Morgan fingerprint density at radius 3 is 2.79 bits per heavy atom. The van der Waals surface area contributed by atoms with Crippen LogP contribution < -0.4 is 5.32 Å². The average Bonchev–Trinajstić information content (AvgIpc) is 3.39. The van der Waals surface area contributed by atoms with Crippen LogP contribution in [0.25, 0.3) is 0 Å². The first-order valence-corrected chi connectivity index (χ1v) is 10.8. The van der Waals surface area contributed by atoms with Gasteiger partial charge in [-0.25, -0.2) is 4.68 Å². The fourth-order valence-electron chi connectivity index (χ4n) is 4.31. The molecule has 0 aliphatic carbocycles. The molecule has 156 valence electrons. The Morgan fingerprint density at radius 1 is 1.21 bits per heavy atom. The Bertz CT molecular complexity index is 801. The maximum absolute atomic E-state index is 13.0. The van der Waals surface area contributed by atoms with Gasteiger partial charge in [0.25, 0.3) is 5.91 Å². The summed E-state index contributed by atoms with van der Waals surface area (Å²) in [5, 5.41) is 11.9. The molecule has 1 amide bonds. The third-order valence-corrected chi connectivity index (χ3v) is 6.02. The summed E-state index contributed by atoms with van der Waals surface area (Å²) in [6, 6.07) is 10.8. The molecule has 2 saturated heterocycles. The molecule has 0 bridgehead atoms. The highest BCUT2D eigenvalue weighted by molar-refractivity contribution is 5.93. The summed E-state index contributed by atoms with van der Waals surface area (Å²) < 4.78 is 7.98. The number of nitrogens with one attached hydrogen (secondary N) is 1. The molecule has 4 rings (SSSR count). The number of aromatic nitrogens is 3. The normalized spacial score (nSPS) is 20.3. The van der Waals surface area contributed by atoms with Crippen molar-refractivity contribution in [2.75, 3.05) is 32.8 Å². The number of carbonyl (C=O) groups is 1. The largest absolute Gasteiger partial charge is 0.376 e. The number of benzene rings is 1. The maximum atomic E-state index is 13.0. The lowest BCUT2D eigenvalue weighted by Crippen LogP contribution is -2.32. The Balaban J connectivity index is 1.25. The number of carbonyl (C=O) groups excluding carboxylic acids is 1. The van der Waals surface area contributed by atoms with Crippen LogP contribution in [0.2, 0.25) is 0 Å². The second-order valence-electron chi connectivity index (χ2n) is 8.07. The number of aryl methyl sites for hydroxylation is 1. The van der Waals surface area contributed by atoms with Gasteiger partial charge in [0.1, 0.15) is 0 Å². The summed E-state index contributed by atoms with van der Waals surface area (Å²) >= 11 is 0. The quantitative estimate of drug-likeness (QED) is 0.727. The first-order chi connectivity index (χ1) is 14.2. The molecule has 2 aliphatic rings. The van der Waals surface area contributed by atoms with Crippen molar-refractivity contribution in [2.45, 2.75) is 51.2 Å². The number of rotatable bonds is 7. The summed E-state index contributed by atoms with van der Waals surface area (Å²) in [6.07, 6.45) is 5.08. The van der Waals surface area contributed by atoms with E-state index in [1.54, 1.807) is 0 Å². The molecule has 7 nitrogen and oxygen atoms in total. The van der Waals surface area contributed by atoms with E-state index < -0.39 is 0 Å². The first kappa shape index (κ1) is 20.0. The van der Waals surface area contributed by atoms with E-state index in [0.29, 0.717) is 18.3 Å². The minimum absolute atomic E-state index is 0.0157. The molecule has 1 unspecified atom stereocenters. The van der Waals surface area contributed by atoms with Gasteiger partial charge >= 0.3 is 0 Å². The van der Waals surface area contributed by atoms with E-state index in [1.165, 1.54) is 5.56 Å². The van der Waals surface area contributed by atoms with Crippen molar-refractivity contribution in [2.24, 2.45) is 0 Å². The summed E-state index contributed by atoms with van der Waals surface area (Å²) in [4.78, 5) is 14.8. The number of hydrogen-bond donors (Lipinski definition) is 1. The smallest absolute Gasteiger partial charge is 0.276 e. The number of piperidine rings is 1. The van der Waals surface area contributed by atoms with Gasteiger partial charge in [-0.15, -0.1) is 5.10 Å². The van der Waals surface area contributed by atoms with Crippen LogP contribution in [0.1, 0.15) is 53.5 Å². The molecule has 2 aromatic rings. The summed E-state index contributed by atoms with van der Waals surface area (Å²) in [5.74, 6) is -0.0157. The highest BCUT2D eigenvalue weighted by atomic mass is 16.5. The molecule has 1 N–H and O–H groups in total. The molecule has 0 spiro atoms. The third kappa shape index (κ3) is 4.85. The first-order valence-electron chi connectivity index (χ1n) is 10.8.